The molecule has 1 aliphatic rings. The van der Waals surface area contributed by atoms with E-state index in [1.54, 1.807) is 6.92 Å². The average Bonchev–Trinajstić information content (AvgIpc) is 3.18. The maximum Gasteiger partial charge on any atom is 0.417 e. The van der Waals surface area contributed by atoms with Gasteiger partial charge in [-0.25, -0.2) is 0 Å². The molecule has 2 nitrogen and oxygen atoms in total. The predicted molar refractivity (Wildman–Crippen MR) is 73.4 cm³/mol. The molecular weight excluding hydrogens is 335 g/mol. The Morgan fingerprint density at radius 3 is 2.55 bits per heavy atom. The van der Waals surface area contributed by atoms with Crippen LogP contribution in [0.3, 0.4) is 0 Å². The van der Waals surface area contributed by atoms with Crippen molar-refractivity contribution in [2.75, 3.05) is 13.1 Å². The first kappa shape index (κ1) is 15.4. The minimum absolute atomic E-state index is 0.275. The molecule has 0 heterocycles. The van der Waals surface area contributed by atoms with Crippen molar-refractivity contribution in [1.82, 2.24) is 4.90 Å². The zero-order valence-electron chi connectivity index (χ0n) is 11.0. The second-order valence-electron chi connectivity index (χ2n) is 4.97. The summed E-state index contributed by atoms with van der Waals surface area (Å²) in [5.41, 5.74) is -1.16. The molecule has 1 aromatic carbocycles. The number of hydrogen-bond donors (Lipinski definition) is 0. The smallest absolute Gasteiger partial charge is 0.339 e. The summed E-state index contributed by atoms with van der Waals surface area (Å²) < 4.78 is 39.4. The van der Waals surface area contributed by atoms with E-state index in [4.69, 9.17) is 0 Å². The lowest BCUT2D eigenvalue weighted by Gasteiger charge is -2.23. The number of hydrogen-bond acceptors (Lipinski definition) is 1. The van der Waals surface area contributed by atoms with E-state index in [9.17, 15) is 18.0 Å². The standard InChI is InChI=1S/C14H15BrF3NO/c1-2-19(8-9-3-4-9)13(20)11-6-5-10(15)7-12(11)14(16,17)18/h5-7,9H,2-4,8H2,1H3. The van der Waals surface area contributed by atoms with Gasteiger partial charge in [-0.3, -0.25) is 4.79 Å². The third-order valence-corrected chi connectivity index (χ3v) is 3.86. The molecule has 0 atom stereocenters. The summed E-state index contributed by atoms with van der Waals surface area (Å²) >= 11 is 3.02. The summed E-state index contributed by atoms with van der Waals surface area (Å²) in [5, 5.41) is 0. The summed E-state index contributed by atoms with van der Waals surface area (Å²) in [5.74, 6) is -0.0945. The lowest BCUT2D eigenvalue weighted by atomic mass is 10.1. The van der Waals surface area contributed by atoms with Gasteiger partial charge in [0.25, 0.3) is 5.91 Å². The van der Waals surface area contributed by atoms with Gasteiger partial charge in [0.15, 0.2) is 0 Å². The number of carbonyl (C=O) groups excluding carboxylic acids is 1. The van der Waals surface area contributed by atoms with Crippen LogP contribution in [0.15, 0.2) is 22.7 Å². The van der Waals surface area contributed by atoms with Crippen LogP contribution in [-0.4, -0.2) is 23.9 Å². The minimum Gasteiger partial charge on any atom is -0.339 e. The van der Waals surface area contributed by atoms with Crippen LogP contribution in [0.1, 0.15) is 35.7 Å². The Labute approximate surface area is 124 Å². The Morgan fingerprint density at radius 1 is 1.40 bits per heavy atom. The highest BCUT2D eigenvalue weighted by Crippen LogP contribution is 2.35. The summed E-state index contributed by atoms with van der Waals surface area (Å²) in [4.78, 5) is 13.8. The first-order chi connectivity index (χ1) is 9.32. The summed E-state index contributed by atoms with van der Waals surface area (Å²) in [6, 6.07) is 3.66. The molecule has 1 fully saturated rings. The number of amides is 1. The van der Waals surface area contributed by atoms with Gasteiger partial charge in [0.05, 0.1) is 11.1 Å². The van der Waals surface area contributed by atoms with Crippen molar-refractivity contribution in [2.45, 2.75) is 25.9 Å². The molecule has 6 heteroatoms. The van der Waals surface area contributed by atoms with E-state index in [0.717, 1.165) is 18.9 Å². The second kappa shape index (κ2) is 5.76. The van der Waals surface area contributed by atoms with Crippen LogP contribution in [-0.2, 0) is 6.18 Å². The molecule has 1 aliphatic carbocycles. The van der Waals surface area contributed by atoms with Crippen LogP contribution >= 0.6 is 15.9 Å². The van der Waals surface area contributed by atoms with Crippen LogP contribution in [0, 0.1) is 5.92 Å². The number of halogens is 4. The first-order valence-electron chi connectivity index (χ1n) is 6.49. The molecule has 0 spiro atoms. The second-order valence-corrected chi connectivity index (χ2v) is 5.89. The lowest BCUT2D eigenvalue weighted by molar-refractivity contribution is -0.138. The molecule has 0 aliphatic heterocycles. The number of nitrogens with zero attached hydrogens (tertiary/aromatic N) is 1. The van der Waals surface area contributed by atoms with Gasteiger partial charge in [-0.1, -0.05) is 15.9 Å². The SMILES string of the molecule is CCN(CC1CC1)C(=O)c1ccc(Br)cc1C(F)(F)F. The van der Waals surface area contributed by atoms with E-state index in [2.05, 4.69) is 15.9 Å². The molecule has 0 radical (unpaired) electrons. The zero-order valence-corrected chi connectivity index (χ0v) is 12.6. The molecule has 0 N–H and O–H groups in total. The number of alkyl halides is 3. The Balaban J connectivity index is 2.32. The molecule has 0 saturated heterocycles. The third kappa shape index (κ3) is 3.53. The topological polar surface area (TPSA) is 20.3 Å². The highest BCUT2D eigenvalue weighted by Gasteiger charge is 2.37. The fraction of sp³-hybridized carbons (Fsp3) is 0.500. The van der Waals surface area contributed by atoms with Crippen molar-refractivity contribution in [3.8, 4) is 0 Å². The summed E-state index contributed by atoms with van der Waals surface area (Å²) in [7, 11) is 0. The normalized spacial score (nSPS) is 15.2. The zero-order chi connectivity index (χ0) is 14.9. The maximum atomic E-state index is 13.0. The maximum absolute atomic E-state index is 13.0. The molecule has 1 amide bonds. The molecule has 0 bridgehead atoms. The van der Waals surface area contributed by atoms with Gasteiger partial charge in [-0.2, -0.15) is 13.2 Å². The van der Waals surface area contributed by atoms with Crippen molar-refractivity contribution in [3.05, 3.63) is 33.8 Å². The minimum atomic E-state index is -4.53. The molecule has 2 rings (SSSR count). The monoisotopic (exact) mass is 349 g/mol. The van der Waals surface area contributed by atoms with E-state index >= 15 is 0 Å². The lowest BCUT2D eigenvalue weighted by Crippen LogP contribution is -2.34. The molecule has 1 aromatic rings. The largest absolute Gasteiger partial charge is 0.417 e. The quantitative estimate of drug-likeness (QED) is 0.791. The van der Waals surface area contributed by atoms with Crippen molar-refractivity contribution in [3.63, 3.8) is 0 Å². The van der Waals surface area contributed by atoms with Gasteiger partial charge >= 0.3 is 6.18 Å². The number of benzene rings is 1. The van der Waals surface area contributed by atoms with Gasteiger partial charge in [0.1, 0.15) is 0 Å². The van der Waals surface area contributed by atoms with Crippen LogP contribution in [0.5, 0.6) is 0 Å². The van der Waals surface area contributed by atoms with E-state index < -0.39 is 17.6 Å². The van der Waals surface area contributed by atoms with E-state index in [1.807, 2.05) is 0 Å². The molecule has 0 aromatic heterocycles. The fourth-order valence-corrected chi connectivity index (χ4v) is 2.44. The molecule has 1 saturated carbocycles. The van der Waals surface area contributed by atoms with Crippen molar-refractivity contribution in [2.24, 2.45) is 5.92 Å². The number of rotatable bonds is 4. The molecule has 110 valence electrons. The van der Waals surface area contributed by atoms with Crippen LogP contribution < -0.4 is 0 Å². The number of carbonyl (C=O) groups is 1. The Bertz CT molecular complexity index is 512. The van der Waals surface area contributed by atoms with Gasteiger partial charge in [0.2, 0.25) is 0 Å². The molecule has 0 unspecified atom stereocenters. The average molecular weight is 350 g/mol. The summed E-state index contributed by atoms with van der Waals surface area (Å²) in [6.45, 7) is 2.75. The molecular formula is C14H15BrF3NO. The molecule has 20 heavy (non-hydrogen) atoms. The highest BCUT2D eigenvalue weighted by atomic mass is 79.9. The van der Waals surface area contributed by atoms with Crippen LogP contribution in [0.25, 0.3) is 0 Å². The summed E-state index contributed by atoms with van der Waals surface area (Å²) in [6.07, 6.45) is -2.43. The van der Waals surface area contributed by atoms with Gasteiger partial charge in [-0.15, -0.1) is 0 Å². The Morgan fingerprint density at radius 2 is 2.05 bits per heavy atom. The van der Waals surface area contributed by atoms with E-state index in [1.165, 1.54) is 17.0 Å². The Kier molecular flexibility index (Phi) is 4.42. The van der Waals surface area contributed by atoms with Gasteiger partial charge < -0.3 is 4.90 Å². The predicted octanol–water partition coefficient (Wildman–Crippen LogP) is 4.34. The van der Waals surface area contributed by atoms with Crippen LogP contribution in [0.4, 0.5) is 13.2 Å². The third-order valence-electron chi connectivity index (χ3n) is 3.36. The van der Waals surface area contributed by atoms with Crippen molar-refractivity contribution in [1.29, 1.82) is 0 Å². The van der Waals surface area contributed by atoms with E-state index in [-0.39, 0.29) is 5.56 Å². The fourth-order valence-electron chi connectivity index (χ4n) is 2.08. The van der Waals surface area contributed by atoms with Gasteiger partial charge in [-0.05, 0) is 43.9 Å². The van der Waals surface area contributed by atoms with Crippen molar-refractivity contribution >= 4 is 21.8 Å². The van der Waals surface area contributed by atoms with Crippen molar-refractivity contribution < 1.29 is 18.0 Å². The first-order valence-corrected chi connectivity index (χ1v) is 7.28. The van der Waals surface area contributed by atoms with E-state index in [0.29, 0.717) is 23.5 Å². The van der Waals surface area contributed by atoms with Gasteiger partial charge in [0, 0.05) is 17.6 Å². The Hall–Kier alpha value is -1.04. The highest BCUT2D eigenvalue weighted by molar-refractivity contribution is 9.10. The van der Waals surface area contributed by atoms with Crippen LogP contribution in [0.2, 0.25) is 0 Å².